The van der Waals surface area contributed by atoms with Crippen molar-refractivity contribution in [3.8, 4) is 0 Å². The smallest absolute Gasteiger partial charge is 0.224 e. The molecule has 3 aliphatic rings. The molecule has 1 heterocycles. The van der Waals surface area contributed by atoms with E-state index in [9.17, 15) is 4.79 Å². The van der Waals surface area contributed by atoms with Crippen molar-refractivity contribution in [1.82, 2.24) is 5.32 Å². The van der Waals surface area contributed by atoms with E-state index in [1.807, 2.05) is 24.3 Å². The third kappa shape index (κ3) is 3.32. The van der Waals surface area contributed by atoms with Gasteiger partial charge in [0.25, 0.3) is 0 Å². The van der Waals surface area contributed by atoms with Crippen LogP contribution in [0.25, 0.3) is 0 Å². The largest absolute Gasteiger partial charge is 0.384 e. The number of nitrogens with one attached hydrogen (secondary N) is 1. The Morgan fingerprint density at radius 3 is 2.27 bits per heavy atom. The van der Waals surface area contributed by atoms with Crippen molar-refractivity contribution in [1.29, 1.82) is 0 Å². The molecule has 4 nitrogen and oxygen atoms in total. The lowest BCUT2D eigenvalue weighted by Gasteiger charge is -2.44. The maximum Gasteiger partial charge on any atom is 0.224 e. The summed E-state index contributed by atoms with van der Waals surface area (Å²) in [6, 6.07) is 20.7. The number of nitrogens with zero attached hydrogens (tertiary/aromatic N) is 1. The Hall–Kier alpha value is -2.62. The molecule has 2 fully saturated rings. The van der Waals surface area contributed by atoms with E-state index in [1.54, 1.807) is 0 Å². The molecule has 5 rings (SSSR count). The quantitative estimate of drug-likeness (QED) is 0.739. The van der Waals surface area contributed by atoms with E-state index in [0.717, 1.165) is 49.8 Å². The van der Waals surface area contributed by atoms with Crippen molar-refractivity contribution < 1.29 is 9.63 Å². The molecule has 0 spiro atoms. The number of hydrogen-bond donors (Lipinski definition) is 1. The van der Waals surface area contributed by atoms with Crippen LogP contribution < -0.4 is 5.32 Å². The summed E-state index contributed by atoms with van der Waals surface area (Å²) >= 11 is 0. The van der Waals surface area contributed by atoms with Crippen molar-refractivity contribution in [3.05, 3.63) is 71.8 Å². The van der Waals surface area contributed by atoms with Crippen molar-refractivity contribution in [2.24, 2.45) is 17.0 Å². The first-order chi connectivity index (χ1) is 14.6. The summed E-state index contributed by atoms with van der Waals surface area (Å²) < 4.78 is 0. The lowest BCUT2D eigenvalue weighted by molar-refractivity contribution is -0.128. The molecule has 2 aromatic rings. The van der Waals surface area contributed by atoms with Crippen LogP contribution in [0.1, 0.15) is 63.0 Å². The summed E-state index contributed by atoms with van der Waals surface area (Å²) in [7, 11) is 0. The summed E-state index contributed by atoms with van der Waals surface area (Å²) in [5.41, 5.74) is 2.82. The maximum atomic E-state index is 13.4. The van der Waals surface area contributed by atoms with E-state index in [0.29, 0.717) is 0 Å². The second-order valence-corrected chi connectivity index (χ2v) is 9.38. The molecule has 0 radical (unpaired) electrons. The predicted octanol–water partition coefficient (Wildman–Crippen LogP) is 5.29. The number of carbonyl (C=O) groups excluding carboxylic acids is 1. The van der Waals surface area contributed by atoms with Gasteiger partial charge in [-0.25, -0.2) is 0 Å². The van der Waals surface area contributed by atoms with Crippen molar-refractivity contribution in [2.75, 3.05) is 0 Å². The monoisotopic (exact) mass is 402 g/mol. The van der Waals surface area contributed by atoms with E-state index in [-0.39, 0.29) is 23.3 Å². The van der Waals surface area contributed by atoms with E-state index < -0.39 is 5.60 Å². The van der Waals surface area contributed by atoms with E-state index in [1.165, 1.54) is 12.0 Å². The first-order valence-electron chi connectivity index (χ1n) is 11.3. The second kappa shape index (κ2) is 7.57. The van der Waals surface area contributed by atoms with E-state index in [4.69, 9.17) is 4.84 Å². The zero-order valence-corrected chi connectivity index (χ0v) is 17.6. The third-order valence-electron chi connectivity index (χ3n) is 7.44. The average molecular weight is 403 g/mol. The van der Waals surface area contributed by atoms with E-state index >= 15 is 0 Å². The normalized spacial score (nSPS) is 29.6. The van der Waals surface area contributed by atoms with Crippen LogP contribution >= 0.6 is 0 Å². The van der Waals surface area contributed by atoms with Crippen LogP contribution in [-0.2, 0) is 20.8 Å². The van der Waals surface area contributed by atoms with Gasteiger partial charge in [-0.3, -0.25) is 4.79 Å². The highest BCUT2D eigenvalue weighted by molar-refractivity contribution is 5.94. The van der Waals surface area contributed by atoms with E-state index in [2.05, 4.69) is 53.8 Å². The Morgan fingerprint density at radius 2 is 1.63 bits per heavy atom. The molecule has 2 saturated carbocycles. The zero-order chi connectivity index (χ0) is 20.6. The molecule has 156 valence electrons. The molecule has 0 bridgehead atoms. The summed E-state index contributed by atoms with van der Waals surface area (Å²) in [6.07, 6.45) is 7.00. The molecular formula is C26H30N2O2. The standard InChI is InChI=1S/C26H30N2O2/c1-25(19-10-4-2-5-11-19)18-23(28-30-25)21-14-8-15-22(21)24(29)27-26(16-9-17-26)20-12-6-3-7-13-20/h2-7,10-13,21-22H,8-9,14-18H2,1H3,(H,27,29)/t21-,22-,25?/m1/s1. The van der Waals surface area contributed by atoms with Crippen LogP contribution in [0.3, 0.4) is 0 Å². The van der Waals surface area contributed by atoms with Gasteiger partial charge >= 0.3 is 0 Å². The van der Waals surface area contributed by atoms with Crippen LogP contribution in [0.15, 0.2) is 65.8 Å². The van der Waals surface area contributed by atoms with Gasteiger partial charge in [-0.2, -0.15) is 0 Å². The number of benzene rings is 2. The van der Waals surface area contributed by atoms with Crippen LogP contribution in [-0.4, -0.2) is 11.6 Å². The van der Waals surface area contributed by atoms with Gasteiger partial charge in [0.05, 0.1) is 11.3 Å². The highest BCUT2D eigenvalue weighted by Crippen LogP contribution is 2.44. The molecule has 1 N–H and O–H groups in total. The fraction of sp³-hybridized carbons (Fsp3) is 0.462. The Morgan fingerprint density at radius 1 is 0.967 bits per heavy atom. The van der Waals surface area contributed by atoms with Crippen LogP contribution in [0.2, 0.25) is 0 Å². The van der Waals surface area contributed by atoms with Gasteiger partial charge in [0.1, 0.15) is 0 Å². The highest BCUT2D eigenvalue weighted by atomic mass is 16.7. The molecule has 30 heavy (non-hydrogen) atoms. The van der Waals surface area contributed by atoms with Gasteiger partial charge in [0.2, 0.25) is 5.91 Å². The Balaban J connectivity index is 1.30. The second-order valence-electron chi connectivity index (χ2n) is 9.38. The lowest BCUT2D eigenvalue weighted by Crippen LogP contribution is -2.53. The lowest BCUT2D eigenvalue weighted by atomic mass is 9.71. The minimum absolute atomic E-state index is 0.00772. The molecule has 4 heteroatoms. The fourth-order valence-electron chi connectivity index (χ4n) is 5.49. The molecule has 1 amide bonds. The number of hydrogen-bond acceptors (Lipinski definition) is 3. The Labute approximate surface area is 178 Å². The number of amides is 1. The van der Waals surface area contributed by atoms with Crippen molar-refractivity contribution >= 4 is 11.6 Å². The summed E-state index contributed by atoms with van der Waals surface area (Å²) in [6.45, 7) is 2.10. The van der Waals surface area contributed by atoms with Crippen molar-refractivity contribution in [3.63, 3.8) is 0 Å². The first kappa shape index (κ1) is 19.3. The van der Waals surface area contributed by atoms with Gasteiger partial charge in [-0.15, -0.1) is 0 Å². The molecule has 2 aliphatic carbocycles. The highest BCUT2D eigenvalue weighted by Gasteiger charge is 2.46. The zero-order valence-electron chi connectivity index (χ0n) is 17.6. The molecular weight excluding hydrogens is 372 g/mol. The van der Waals surface area contributed by atoms with Crippen LogP contribution in [0.5, 0.6) is 0 Å². The van der Waals surface area contributed by atoms with Crippen LogP contribution in [0, 0.1) is 11.8 Å². The Kier molecular flexibility index (Phi) is 4.88. The molecule has 0 saturated heterocycles. The number of oxime groups is 1. The molecule has 3 atom stereocenters. The molecule has 1 aliphatic heterocycles. The SMILES string of the molecule is CC1(c2ccccc2)CC([C@@H]2CCC[C@H]2C(=O)NC2(c3ccccc3)CCC2)=NO1. The maximum absolute atomic E-state index is 13.4. The van der Waals surface area contributed by atoms with Gasteiger partial charge in [0.15, 0.2) is 5.60 Å². The van der Waals surface area contributed by atoms with Gasteiger partial charge in [0, 0.05) is 18.3 Å². The summed E-state index contributed by atoms with van der Waals surface area (Å²) in [5.74, 6) is 0.368. The summed E-state index contributed by atoms with van der Waals surface area (Å²) in [5, 5.41) is 7.96. The van der Waals surface area contributed by atoms with Gasteiger partial charge in [-0.1, -0.05) is 72.2 Å². The topological polar surface area (TPSA) is 50.7 Å². The number of carbonyl (C=O) groups is 1. The average Bonchev–Trinajstić information content (AvgIpc) is 3.39. The van der Waals surface area contributed by atoms with Crippen LogP contribution in [0.4, 0.5) is 0 Å². The Bertz CT molecular complexity index is 936. The minimum Gasteiger partial charge on any atom is -0.384 e. The minimum atomic E-state index is -0.431. The van der Waals surface area contributed by atoms with Gasteiger partial charge in [-0.05, 0) is 50.2 Å². The molecule has 1 unspecified atom stereocenters. The van der Waals surface area contributed by atoms with Gasteiger partial charge < -0.3 is 10.2 Å². The fourth-order valence-corrected chi connectivity index (χ4v) is 5.49. The first-order valence-corrected chi connectivity index (χ1v) is 11.3. The third-order valence-corrected chi connectivity index (χ3v) is 7.44. The van der Waals surface area contributed by atoms with Crippen molar-refractivity contribution in [2.45, 2.75) is 63.0 Å². The number of rotatable bonds is 5. The molecule has 2 aromatic carbocycles. The summed E-state index contributed by atoms with van der Waals surface area (Å²) in [4.78, 5) is 19.4. The predicted molar refractivity (Wildman–Crippen MR) is 118 cm³/mol. The molecule has 0 aromatic heterocycles.